The van der Waals surface area contributed by atoms with Crippen molar-refractivity contribution in [3.05, 3.63) is 39.9 Å². The highest BCUT2D eigenvalue weighted by atomic mass is 79.9. The van der Waals surface area contributed by atoms with Crippen LogP contribution in [0.3, 0.4) is 0 Å². The van der Waals surface area contributed by atoms with Crippen LogP contribution >= 0.6 is 15.9 Å². The minimum Gasteiger partial charge on any atom is -0.485 e. The van der Waals surface area contributed by atoms with Gasteiger partial charge in [-0.2, -0.15) is 5.10 Å². The molecule has 0 aliphatic carbocycles. The predicted molar refractivity (Wildman–Crippen MR) is 81.7 cm³/mol. The van der Waals surface area contributed by atoms with Gasteiger partial charge in [-0.3, -0.25) is 0 Å². The van der Waals surface area contributed by atoms with Gasteiger partial charge in [-0.1, -0.05) is 15.9 Å². The second-order valence-corrected chi connectivity index (χ2v) is 5.44. The minimum absolute atomic E-state index is 0.424. The third kappa shape index (κ3) is 3.37. The van der Waals surface area contributed by atoms with Crippen molar-refractivity contribution in [3.63, 3.8) is 0 Å². The maximum atomic E-state index is 5.98. The van der Waals surface area contributed by atoms with Gasteiger partial charge in [-0.15, -0.1) is 0 Å². The highest BCUT2D eigenvalue weighted by Crippen LogP contribution is 2.28. The number of aromatic nitrogens is 3. The van der Waals surface area contributed by atoms with Crippen LogP contribution in [0.15, 0.2) is 22.9 Å². The quantitative estimate of drug-likeness (QED) is 0.879. The normalized spacial score (nSPS) is 10.8. The first kappa shape index (κ1) is 15.0. The minimum atomic E-state index is 0.424. The Hall–Kier alpha value is -1.40. The summed E-state index contributed by atoms with van der Waals surface area (Å²) in [5.41, 5.74) is 2.23. The molecule has 1 heterocycles. The highest BCUT2D eigenvalue weighted by molar-refractivity contribution is 9.10. The summed E-state index contributed by atoms with van der Waals surface area (Å²) in [5, 5.41) is 7.31. The van der Waals surface area contributed by atoms with Gasteiger partial charge in [-0.25, -0.2) is 9.67 Å². The summed E-state index contributed by atoms with van der Waals surface area (Å²) in [5.74, 6) is 1.75. The molecule has 0 aliphatic rings. The molecule has 0 aliphatic heterocycles. The van der Waals surface area contributed by atoms with Gasteiger partial charge in [0.15, 0.2) is 5.82 Å². The van der Waals surface area contributed by atoms with E-state index in [2.05, 4.69) is 43.5 Å². The zero-order valence-corrected chi connectivity index (χ0v) is 13.6. The molecule has 0 saturated heterocycles. The van der Waals surface area contributed by atoms with Gasteiger partial charge in [0.2, 0.25) is 0 Å². The number of hydrogen-bond donors (Lipinski definition) is 1. The molecule has 1 N–H and O–H groups in total. The number of halogens is 1. The fourth-order valence-corrected chi connectivity index (χ4v) is 2.75. The van der Waals surface area contributed by atoms with Crippen LogP contribution < -0.4 is 10.1 Å². The van der Waals surface area contributed by atoms with Crippen LogP contribution in [0.2, 0.25) is 0 Å². The van der Waals surface area contributed by atoms with Crippen molar-refractivity contribution in [3.8, 4) is 5.75 Å². The van der Waals surface area contributed by atoms with Crippen molar-refractivity contribution in [1.82, 2.24) is 20.1 Å². The molecular formula is C14H19BrN4O. The lowest BCUT2D eigenvalue weighted by molar-refractivity contribution is 0.282. The number of nitrogens with one attached hydrogen (secondary N) is 1. The summed E-state index contributed by atoms with van der Waals surface area (Å²) >= 11 is 3.52. The molecule has 0 radical (unpaired) electrons. The van der Waals surface area contributed by atoms with Crippen LogP contribution in [0.1, 0.15) is 23.9 Å². The van der Waals surface area contributed by atoms with Gasteiger partial charge in [-0.05, 0) is 38.6 Å². The van der Waals surface area contributed by atoms with Crippen LogP contribution in [-0.4, -0.2) is 21.8 Å². The first-order valence-corrected chi connectivity index (χ1v) is 7.38. The number of rotatable bonds is 6. The molecule has 0 fully saturated rings. The lowest BCUT2D eigenvalue weighted by atomic mass is 10.1. The van der Waals surface area contributed by atoms with Gasteiger partial charge < -0.3 is 10.1 Å². The van der Waals surface area contributed by atoms with E-state index in [1.54, 1.807) is 6.33 Å². The number of nitrogens with zero attached hydrogens (tertiary/aromatic N) is 3. The number of hydrogen-bond acceptors (Lipinski definition) is 4. The molecule has 0 amide bonds. The molecule has 1 aromatic heterocycles. The van der Waals surface area contributed by atoms with Gasteiger partial charge >= 0.3 is 0 Å². The Morgan fingerprint density at radius 2 is 2.20 bits per heavy atom. The predicted octanol–water partition coefficient (Wildman–Crippen LogP) is 2.67. The first-order valence-electron chi connectivity index (χ1n) is 6.58. The summed E-state index contributed by atoms with van der Waals surface area (Å²) in [7, 11) is 1.92. The van der Waals surface area contributed by atoms with E-state index in [9.17, 15) is 0 Å². The third-order valence-electron chi connectivity index (χ3n) is 3.02. The van der Waals surface area contributed by atoms with E-state index in [0.717, 1.165) is 40.3 Å². The van der Waals surface area contributed by atoms with E-state index in [1.165, 1.54) is 0 Å². The molecule has 20 heavy (non-hydrogen) atoms. The van der Waals surface area contributed by atoms with Crippen LogP contribution in [0.25, 0.3) is 0 Å². The second-order valence-electron chi connectivity index (χ2n) is 4.52. The number of benzene rings is 1. The van der Waals surface area contributed by atoms with E-state index >= 15 is 0 Å². The van der Waals surface area contributed by atoms with Crippen molar-refractivity contribution in [2.45, 2.75) is 33.5 Å². The van der Waals surface area contributed by atoms with Crippen molar-refractivity contribution in [2.24, 2.45) is 0 Å². The largest absolute Gasteiger partial charge is 0.485 e. The van der Waals surface area contributed by atoms with E-state index < -0.39 is 0 Å². The maximum absolute atomic E-state index is 5.98. The molecule has 6 heteroatoms. The Balaban J connectivity index is 2.20. The third-order valence-corrected chi connectivity index (χ3v) is 3.48. The smallest absolute Gasteiger partial charge is 0.164 e. The molecule has 0 saturated carbocycles. The van der Waals surface area contributed by atoms with E-state index in [0.29, 0.717) is 6.61 Å². The Kier molecular flexibility index (Phi) is 5.14. The lowest BCUT2D eigenvalue weighted by Gasteiger charge is -2.14. The van der Waals surface area contributed by atoms with Gasteiger partial charge in [0.1, 0.15) is 18.7 Å². The summed E-state index contributed by atoms with van der Waals surface area (Å²) in [6.45, 7) is 6.06. The highest BCUT2D eigenvalue weighted by Gasteiger charge is 2.11. The van der Waals surface area contributed by atoms with E-state index in [-0.39, 0.29) is 0 Å². The Labute approximate surface area is 127 Å². The summed E-state index contributed by atoms with van der Waals surface area (Å²) in [6, 6.07) is 4.13. The topological polar surface area (TPSA) is 52.0 Å². The number of aryl methyl sites for hydroxylation is 2. The maximum Gasteiger partial charge on any atom is 0.164 e. The van der Waals surface area contributed by atoms with Crippen molar-refractivity contribution < 1.29 is 4.74 Å². The summed E-state index contributed by atoms with van der Waals surface area (Å²) in [4.78, 5) is 4.23. The first-order chi connectivity index (χ1) is 9.65. The lowest BCUT2D eigenvalue weighted by Crippen LogP contribution is -2.11. The SMILES string of the molecule is CCn1ncnc1COc1c(C)cc(Br)cc1CNC. The van der Waals surface area contributed by atoms with Crippen LogP contribution in [0.4, 0.5) is 0 Å². The average Bonchev–Trinajstić information content (AvgIpc) is 2.85. The standard InChI is InChI=1S/C14H19BrN4O/c1-4-19-13(17-9-18-19)8-20-14-10(2)5-12(15)6-11(14)7-16-3/h5-6,9,16H,4,7-8H2,1-3H3. The fourth-order valence-electron chi connectivity index (χ4n) is 2.13. The van der Waals surface area contributed by atoms with Gasteiger partial charge in [0.25, 0.3) is 0 Å². The van der Waals surface area contributed by atoms with Crippen LogP contribution in [0.5, 0.6) is 5.75 Å². The van der Waals surface area contributed by atoms with Crippen molar-refractivity contribution in [1.29, 1.82) is 0 Å². The fraction of sp³-hybridized carbons (Fsp3) is 0.429. The van der Waals surface area contributed by atoms with Crippen molar-refractivity contribution >= 4 is 15.9 Å². The zero-order chi connectivity index (χ0) is 14.5. The molecule has 0 bridgehead atoms. The molecule has 2 aromatic rings. The average molecular weight is 339 g/mol. The number of ether oxygens (including phenoxy) is 1. The Morgan fingerprint density at radius 1 is 1.40 bits per heavy atom. The van der Waals surface area contributed by atoms with Gasteiger partial charge in [0, 0.05) is 23.1 Å². The Morgan fingerprint density at radius 3 is 2.90 bits per heavy atom. The molecule has 1 aromatic carbocycles. The molecular weight excluding hydrogens is 320 g/mol. The molecule has 0 unspecified atom stereocenters. The molecule has 108 valence electrons. The molecule has 5 nitrogen and oxygen atoms in total. The summed E-state index contributed by atoms with van der Waals surface area (Å²) in [6.07, 6.45) is 1.56. The summed E-state index contributed by atoms with van der Waals surface area (Å²) < 4.78 is 8.88. The van der Waals surface area contributed by atoms with Gasteiger partial charge in [0.05, 0.1) is 0 Å². The monoisotopic (exact) mass is 338 g/mol. The second kappa shape index (κ2) is 6.85. The molecule has 0 spiro atoms. The molecule has 2 rings (SSSR count). The van der Waals surface area contributed by atoms with Crippen LogP contribution in [-0.2, 0) is 19.7 Å². The van der Waals surface area contributed by atoms with E-state index in [1.807, 2.05) is 25.6 Å². The van der Waals surface area contributed by atoms with E-state index in [4.69, 9.17) is 4.74 Å². The Bertz CT molecular complexity index is 583. The van der Waals surface area contributed by atoms with Crippen molar-refractivity contribution in [2.75, 3.05) is 7.05 Å². The molecule has 0 atom stereocenters. The zero-order valence-electron chi connectivity index (χ0n) is 12.0. The van der Waals surface area contributed by atoms with Crippen LogP contribution in [0, 0.1) is 6.92 Å².